The number of benzene rings is 2. The minimum atomic E-state index is -1.28. The monoisotopic (exact) mass is 621 g/mol. The molecule has 2 aromatic rings. The first-order valence-electron chi connectivity index (χ1n) is 14.6. The van der Waals surface area contributed by atoms with Crippen LogP contribution < -0.4 is 10.5 Å². The predicted molar refractivity (Wildman–Crippen MR) is 165 cm³/mol. The molecule has 0 aromatic heterocycles. The Kier molecular flexibility index (Phi) is 12.9. The Hall–Kier alpha value is -4.97. The van der Waals surface area contributed by atoms with Crippen molar-refractivity contribution in [3.63, 3.8) is 0 Å². The Morgan fingerprint density at radius 1 is 0.956 bits per heavy atom. The zero-order valence-corrected chi connectivity index (χ0v) is 25.8. The van der Waals surface area contributed by atoms with Crippen LogP contribution in [0.2, 0.25) is 0 Å². The third kappa shape index (κ3) is 10.3. The fraction of sp³-hybridized carbons (Fsp3) is 0.364. The summed E-state index contributed by atoms with van der Waals surface area (Å²) in [6.07, 6.45) is 3.05. The molecular weight excluding hydrogens is 582 g/mol. The van der Waals surface area contributed by atoms with Crippen LogP contribution in [0.3, 0.4) is 0 Å². The van der Waals surface area contributed by atoms with Crippen LogP contribution in [-0.4, -0.2) is 73.2 Å². The number of nitrogens with two attached hydrogens (primary N) is 1. The zero-order chi connectivity index (χ0) is 32.9. The lowest BCUT2D eigenvalue weighted by molar-refractivity contribution is -0.158. The molecule has 1 heterocycles. The highest BCUT2D eigenvalue weighted by Gasteiger charge is 2.42. The number of hydrogen-bond donors (Lipinski definition) is 2. The number of carbonyl (C=O) groups excluding carboxylic acids is 4. The minimum Gasteiger partial charge on any atom is -0.466 e. The van der Waals surface area contributed by atoms with E-state index in [1.807, 2.05) is 24.3 Å². The molecule has 1 fully saturated rings. The highest BCUT2D eigenvalue weighted by atomic mass is 16.8. The number of esters is 3. The van der Waals surface area contributed by atoms with Crippen molar-refractivity contribution in [2.45, 2.75) is 52.6 Å². The minimum absolute atomic E-state index is 0.0257. The molecule has 1 saturated heterocycles. The summed E-state index contributed by atoms with van der Waals surface area (Å²) in [5.41, 5.74) is 7.96. The maximum atomic E-state index is 13.7. The van der Waals surface area contributed by atoms with Gasteiger partial charge in [0.1, 0.15) is 23.7 Å². The van der Waals surface area contributed by atoms with E-state index in [1.54, 1.807) is 58.0 Å². The molecule has 3 unspecified atom stereocenters. The standard InChI is InChI=1S/C33H39N3O9/c1-5-41-27(37)9-8-18-36(26(32(40)43-7-3)20-28(38)42-6-2)31(39)21(4)19-22-10-12-23(13-11-22)29-33(45-29)44-25-16-14-24(15-17-25)30(34)35/h8-17,19,26,29,33H,5-7,18,20H2,1-4H3,(H3,34,35)/b9-8+,21-19+. The molecule has 240 valence electrons. The highest BCUT2D eigenvalue weighted by molar-refractivity contribution is 6.00. The molecule has 0 aliphatic carbocycles. The summed E-state index contributed by atoms with van der Waals surface area (Å²) in [7, 11) is 0. The summed E-state index contributed by atoms with van der Waals surface area (Å²) in [4.78, 5) is 52.0. The van der Waals surface area contributed by atoms with E-state index in [0.29, 0.717) is 16.9 Å². The Labute approximate surface area is 262 Å². The van der Waals surface area contributed by atoms with Crippen LogP contribution in [0.5, 0.6) is 5.75 Å². The van der Waals surface area contributed by atoms with Gasteiger partial charge in [-0.3, -0.25) is 15.0 Å². The molecule has 1 aliphatic heterocycles. The molecule has 3 N–H and O–H groups in total. The molecule has 3 rings (SSSR count). The highest BCUT2D eigenvalue weighted by Crippen LogP contribution is 2.40. The average molecular weight is 622 g/mol. The first kappa shape index (κ1) is 34.5. The van der Waals surface area contributed by atoms with Gasteiger partial charge in [-0.05, 0) is 69.2 Å². The van der Waals surface area contributed by atoms with Crippen LogP contribution in [0.4, 0.5) is 0 Å². The molecule has 0 radical (unpaired) electrons. The van der Waals surface area contributed by atoms with E-state index in [9.17, 15) is 19.2 Å². The van der Waals surface area contributed by atoms with Crippen molar-refractivity contribution in [1.29, 1.82) is 5.41 Å². The topological polar surface area (TPSA) is 171 Å². The van der Waals surface area contributed by atoms with Crippen molar-refractivity contribution < 1.29 is 42.9 Å². The van der Waals surface area contributed by atoms with Gasteiger partial charge in [0.05, 0.1) is 26.2 Å². The molecule has 0 bridgehead atoms. The molecular formula is C33H39N3O9. The lowest BCUT2D eigenvalue weighted by Crippen LogP contribution is -2.47. The molecule has 3 atom stereocenters. The summed E-state index contributed by atoms with van der Waals surface area (Å²) >= 11 is 0. The van der Waals surface area contributed by atoms with Crippen molar-refractivity contribution in [2.24, 2.45) is 5.73 Å². The van der Waals surface area contributed by atoms with Gasteiger partial charge < -0.3 is 34.3 Å². The van der Waals surface area contributed by atoms with Gasteiger partial charge in [-0.15, -0.1) is 0 Å². The number of nitrogen functional groups attached to an aromatic ring is 1. The number of ether oxygens (including phenoxy) is 5. The molecule has 12 heteroatoms. The van der Waals surface area contributed by atoms with E-state index in [4.69, 9.17) is 34.8 Å². The SMILES string of the molecule is CCOC(=O)/C=C/CN(C(=O)/C(C)=C/c1ccc(C2OC2Oc2ccc(C(=N)N)cc2)cc1)C(CC(=O)OCC)C(=O)OCC. The average Bonchev–Trinajstić information content (AvgIpc) is 3.78. The molecule has 1 aliphatic rings. The van der Waals surface area contributed by atoms with Gasteiger partial charge in [-0.2, -0.15) is 0 Å². The van der Waals surface area contributed by atoms with E-state index in [0.717, 1.165) is 11.6 Å². The van der Waals surface area contributed by atoms with Crippen LogP contribution in [0.15, 0.2) is 66.3 Å². The number of carbonyl (C=O) groups is 4. The van der Waals surface area contributed by atoms with Gasteiger partial charge in [-0.1, -0.05) is 30.3 Å². The fourth-order valence-corrected chi connectivity index (χ4v) is 4.33. The first-order chi connectivity index (χ1) is 21.6. The van der Waals surface area contributed by atoms with Gasteiger partial charge in [-0.25, -0.2) is 9.59 Å². The van der Waals surface area contributed by atoms with Crippen molar-refractivity contribution in [2.75, 3.05) is 26.4 Å². The number of amides is 1. The number of nitrogens with zero attached hydrogens (tertiary/aromatic N) is 1. The Morgan fingerprint density at radius 2 is 1.60 bits per heavy atom. The van der Waals surface area contributed by atoms with Gasteiger partial charge in [0.25, 0.3) is 5.91 Å². The van der Waals surface area contributed by atoms with Gasteiger partial charge in [0.15, 0.2) is 0 Å². The summed E-state index contributed by atoms with van der Waals surface area (Å²) in [5, 5.41) is 7.48. The summed E-state index contributed by atoms with van der Waals surface area (Å²) < 4.78 is 26.6. The van der Waals surface area contributed by atoms with Gasteiger partial charge in [0, 0.05) is 23.8 Å². The first-order valence-corrected chi connectivity index (χ1v) is 14.6. The number of nitrogens with one attached hydrogen (secondary N) is 1. The Bertz CT molecular complexity index is 1420. The predicted octanol–water partition coefficient (Wildman–Crippen LogP) is 3.68. The molecule has 2 aromatic carbocycles. The molecule has 45 heavy (non-hydrogen) atoms. The smallest absolute Gasteiger partial charge is 0.330 e. The van der Waals surface area contributed by atoms with Crippen molar-refractivity contribution >= 4 is 35.7 Å². The number of amidine groups is 1. The van der Waals surface area contributed by atoms with Crippen LogP contribution in [-0.2, 0) is 38.1 Å². The number of rotatable bonds is 16. The van der Waals surface area contributed by atoms with Crippen molar-refractivity contribution in [3.05, 3.63) is 82.9 Å². The number of epoxide rings is 1. The lowest BCUT2D eigenvalue weighted by atomic mass is 10.1. The van der Waals surface area contributed by atoms with Gasteiger partial charge >= 0.3 is 17.9 Å². The van der Waals surface area contributed by atoms with Crippen LogP contribution in [0.25, 0.3) is 6.08 Å². The maximum Gasteiger partial charge on any atom is 0.330 e. The van der Waals surface area contributed by atoms with Crippen molar-refractivity contribution in [3.8, 4) is 5.75 Å². The van der Waals surface area contributed by atoms with E-state index in [2.05, 4.69) is 0 Å². The normalized spacial score (nSPS) is 16.4. The third-order valence-electron chi connectivity index (χ3n) is 6.56. The van der Waals surface area contributed by atoms with E-state index in [1.165, 1.54) is 11.0 Å². The number of hydrogen-bond acceptors (Lipinski definition) is 10. The third-order valence-corrected chi connectivity index (χ3v) is 6.56. The summed E-state index contributed by atoms with van der Waals surface area (Å²) in [5.74, 6) is -2.01. The van der Waals surface area contributed by atoms with Crippen LogP contribution in [0, 0.1) is 5.41 Å². The summed E-state index contributed by atoms with van der Waals surface area (Å²) in [6, 6.07) is 12.9. The van der Waals surface area contributed by atoms with Crippen LogP contribution in [0.1, 0.15) is 56.9 Å². The molecule has 12 nitrogen and oxygen atoms in total. The molecule has 0 saturated carbocycles. The van der Waals surface area contributed by atoms with E-state index >= 15 is 0 Å². The maximum absolute atomic E-state index is 13.7. The van der Waals surface area contributed by atoms with Crippen LogP contribution >= 0.6 is 0 Å². The molecule has 0 spiro atoms. The fourth-order valence-electron chi connectivity index (χ4n) is 4.33. The second-order valence-electron chi connectivity index (χ2n) is 9.86. The summed E-state index contributed by atoms with van der Waals surface area (Å²) in [6.45, 7) is 6.68. The Balaban J connectivity index is 1.75. The second kappa shape index (κ2) is 16.8. The second-order valence-corrected chi connectivity index (χ2v) is 9.86. The van der Waals surface area contributed by atoms with Gasteiger partial charge in [0.2, 0.25) is 6.29 Å². The Morgan fingerprint density at radius 3 is 2.20 bits per heavy atom. The largest absolute Gasteiger partial charge is 0.466 e. The zero-order valence-electron chi connectivity index (χ0n) is 25.8. The van der Waals surface area contributed by atoms with E-state index < -0.39 is 42.6 Å². The molecule has 1 amide bonds. The van der Waals surface area contributed by atoms with E-state index in [-0.39, 0.29) is 43.9 Å². The lowest BCUT2D eigenvalue weighted by Gasteiger charge is -2.29. The quantitative estimate of drug-likeness (QED) is 0.0704. The van der Waals surface area contributed by atoms with Crippen molar-refractivity contribution in [1.82, 2.24) is 4.90 Å².